The second-order valence-corrected chi connectivity index (χ2v) is 3.32. The number of alkyl halides is 2. The Balaban J connectivity index is 3.30. The van der Waals surface area contributed by atoms with Gasteiger partial charge in [-0.25, -0.2) is 13.2 Å². The first-order chi connectivity index (χ1) is 6.07. The molecule has 1 rings (SSSR count). The number of pyridine rings is 1. The van der Waals surface area contributed by atoms with Gasteiger partial charge in [-0.2, -0.15) is 0 Å². The average molecular weight is 303 g/mol. The quantitative estimate of drug-likeness (QED) is 0.850. The van der Waals surface area contributed by atoms with Crippen LogP contribution in [0, 0.1) is 9.39 Å². The van der Waals surface area contributed by atoms with Crippen molar-refractivity contribution in [3.63, 3.8) is 0 Å². The second-order valence-electron chi connectivity index (χ2n) is 2.24. The van der Waals surface area contributed by atoms with E-state index >= 15 is 0 Å². The van der Waals surface area contributed by atoms with Crippen LogP contribution in [0.3, 0.4) is 0 Å². The first kappa shape index (κ1) is 10.7. The predicted octanol–water partition coefficient (Wildman–Crippen LogP) is 2.26. The van der Waals surface area contributed by atoms with Crippen LogP contribution in [0.2, 0.25) is 0 Å². The van der Waals surface area contributed by atoms with Crippen molar-refractivity contribution < 1.29 is 18.3 Å². The monoisotopic (exact) mass is 303 g/mol. The van der Waals surface area contributed by atoms with Crippen molar-refractivity contribution >= 4 is 22.6 Å². The Bertz CT molecular complexity index is 319. The lowest BCUT2D eigenvalue weighted by Gasteiger charge is -2.07. The van der Waals surface area contributed by atoms with Crippen LogP contribution in [0.15, 0.2) is 6.20 Å². The molecule has 1 heterocycles. The smallest absolute Gasteiger partial charge is 0.267 e. The summed E-state index contributed by atoms with van der Waals surface area (Å²) in [5.41, 5.74) is -0.628. The molecule has 0 unspecified atom stereocenters. The van der Waals surface area contributed by atoms with E-state index in [1.165, 1.54) is 22.6 Å². The van der Waals surface area contributed by atoms with E-state index in [0.717, 1.165) is 0 Å². The largest absolute Gasteiger partial charge is 0.390 e. The third-order valence-corrected chi connectivity index (χ3v) is 2.65. The topological polar surface area (TPSA) is 33.1 Å². The normalized spacial score (nSPS) is 10.9. The molecule has 1 aromatic heterocycles. The molecule has 6 heteroatoms. The molecular weight excluding hydrogens is 298 g/mol. The molecule has 0 aliphatic rings. The Morgan fingerprint density at radius 1 is 1.54 bits per heavy atom. The standard InChI is InChI=1S/C7H5F3INO/c8-3-1-12-4(2-13)6(11)5(3)7(9)10/h1,7,13H,2H2. The fraction of sp³-hybridized carbons (Fsp3) is 0.286. The van der Waals surface area contributed by atoms with Crippen molar-refractivity contribution in [2.75, 3.05) is 0 Å². The van der Waals surface area contributed by atoms with E-state index in [9.17, 15) is 13.2 Å². The molecule has 1 aromatic rings. The van der Waals surface area contributed by atoms with Crippen molar-refractivity contribution in [1.82, 2.24) is 4.98 Å². The van der Waals surface area contributed by atoms with Crippen molar-refractivity contribution in [2.45, 2.75) is 13.0 Å². The highest BCUT2D eigenvalue weighted by molar-refractivity contribution is 14.1. The van der Waals surface area contributed by atoms with Crippen molar-refractivity contribution in [3.05, 3.63) is 26.8 Å². The summed E-state index contributed by atoms with van der Waals surface area (Å²) >= 11 is 1.54. The molecule has 13 heavy (non-hydrogen) atoms. The maximum atomic E-state index is 12.8. The number of aromatic nitrogens is 1. The van der Waals surface area contributed by atoms with Crippen LogP contribution in [-0.2, 0) is 6.61 Å². The van der Waals surface area contributed by atoms with Gasteiger partial charge in [0, 0.05) is 3.57 Å². The van der Waals surface area contributed by atoms with Gasteiger partial charge in [-0.05, 0) is 22.6 Å². The molecule has 0 aliphatic carbocycles. The highest BCUT2D eigenvalue weighted by Crippen LogP contribution is 2.28. The van der Waals surface area contributed by atoms with Crippen LogP contribution in [-0.4, -0.2) is 10.1 Å². The third kappa shape index (κ3) is 2.11. The number of nitrogens with zero attached hydrogens (tertiary/aromatic N) is 1. The van der Waals surface area contributed by atoms with Crippen LogP contribution >= 0.6 is 22.6 Å². The average Bonchev–Trinajstić information content (AvgIpc) is 2.04. The molecular formula is C7H5F3INO. The van der Waals surface area contributed by atoms with Crippen molar-refractivity contribution in [3.8, 4) is 0 Å². The van der Waals surface area contributed by atoms with Gasteiger partial charge in [0.2, 0.25) is 0 Å². The van der Waals surface area contributed by atoms with E-state index in [1.54, 1.807) is 0 Å². The van der Waals surface area contributed by atoms with Crippen LogP contribution in [0.5, 0.6) is 0 Å². The molecule has 0 amide bonds. The first-order valence-electron chi connectivity index (χ1n) is 3.29. The van der Waals surface area contributed by atoms with Crippen LogP contribution < -0.4 is 0 Å². The number of aliphatic hydroxyl groups excluding tert-OH is 1. The molecule has 0 spiro atoms. The van der Waals surface area contributed by atoms with Gasteiger partial charge in [-0.3, -0.25) is 4.98 Å². The lowest BCUT2D eigenvalue weighted by molar-refractivity contribution is 0.144. The van der Waals surface area contributed by atoms with Crippen molar-refractivity contribution in [2.24, 2.45) is 0 Å². The van der Waals surface area contributed by atoms with E-state index in [2.05, 4.69) is 4.98 Å². The summed E-state index contributed by atoms with van der Waals surface area (Å²) in [7, 11) is 0. The third-order valence-electron chi connectivity index (χ3n) is 1.45. The summed E-state index contributed by atoms with van der Waals surface area (Å²) < 4.78 is 37.3. The Labute approximate surface area is 85.9 Å². The molecule has 0 aliphatic heterocycles. The molecule has 2 nitrogen and oxygen atoms in total. The van der Waals surface area contributed by atoms with Gasteiger partial charge < -0.3 is 5.11 Å². The Hall–Kier alpha value is -0.370. The fourth-order valence-corrected chi connectivity index (χ4v) is 1.63. The van der Waals surface area contributed by atoms with Gasteiger partial charge in [0.15, 0.2) is 5.82 Å². The summed E-state index contributed by atoms with van der Waals surface area (Å²) in [4.78, 5) is 3.47. The highest BCUT2D eigenvalue weighted by atomic mass is 127. The molecule has 0 saturated heterocycles. The number of hydrogen-bond acceptors (Lipinski definition) is 2. The Morgan fingerprint density at radius 2 is 2.15 bits per heavy atom. The van der Waals surface area contributed by atoms with E-state index in [0.29, 0.717) is 6.20 Å². The molecule has 72 valence electrons. The predicted molar refractivity (Wildman–Crippen MR) is 47.8 cm³/mol. The Morgan fingerprint density at radius 3 is 2.62 bits per heavy atom. The molecule has 1 N–H and O–H groups in total. The second kappa shape index (κ2) is 4.23. The maximum absolute atomic E-state index is 12.8. The molecule has 0 fully saturated rings. The number of rotatable bonds is 2. The summed E-state index contributed by atoms with van der Waals surface area (Å²) in [6, 6.07) is 0. The zero-order valence-corrected chi connectivity index (χ0v) is 8.43. The number of hydrogen-bond donors (Lipinski definition) is 1. The minimum atomic E-state index is -2.89. The highest BCUT2D eigenvalue weighted by Gasteiger charge is 2.20. The summed E-state index contributed by atoms with van der Waals surface area (Å²) in [6.45, 7) is -0.474. The Kier molecular flexibility index (Phi) is 3.48. The molecule has 0 bridgehead atoms. The van der Waals surface area contributed by atoms with Gasteiger partial charge in [0.25, 0.3) is 6.43 Å². The zero-order valence-electron chi connectivity index (χ0n) is 6.27. The van der Waals surface area contributed by atoms with E-state index in [-0.39, 0.29) is 9.26 Å². The van der Waals surface area contributed by atoms with Gasteiger partial charge in [0.1, 0.15) is 0 Å². The zero-order chi connectivity index (χ0) is 10.0. The van der Waals surface area contributed by atoms with Gasteiger partial charge in [-0.15, -0.1) is 0 Å². The number of halogens is 4. The molecule has 0 saturated carbocycles. The fourth-order valence-electron chi connectivity index (χ4n) is 0.831. The van der Waals surface area contributed by atoms with E-state index in [1.807, 2.05) is 0 Å². The summed E-state index contributed by atoms with van der Waals surface area (Å²) in [5.74, 6) is -1.04. The van der Waals surface area contributed by atoms with Gasteiger partial charge >= 0.3 is 0 Å². The van der Waals surface area contributed by atoms with Crippen LogP contribution in [0.1, 0.15) is 17.7 Å². The molecule has 0 atom stereocenters. The lowest BCUT2D eigenvalue weighted by atomic mass is 10.2. The summed E-state index contributed by atoms with van der Waals surface area (Å²) in [5, 5.41) is 8.68. The van der Waals surface area contributed by atoms with Crippen LogP contribution in [0.25, 0.3) is 0 Å². The number of aliphatic hydroxyl groups is 1. The minimum Gasteiger partial charge on any atom is -0.390 e. The lowest BCUT2D eigenvalue weighted by Crippen LogP contribution is -2.03. The van der Waals surface area contributed by atoms with E-state index < -0.39 is 24.4 Å². The molecule has 0 radical (unpaired) electrons. The summed E-state index contributed by atoms with van der Waals surface area (Å²) in [6.07, 6.45) is -2.20. The van der Waals surface area contributed by atoms with Crippen molar-refractivity contribution in [1.29, 1.82) is 0 Å². The first-order valence-corrected chi connectivity index (χ1v) is 4.37. The molecule has 0 aromatic carbocycles. The SMILES string of the molecule is OCc1ncc(F)c(C(F)F)c1I. The van der Waals surface area contributed by atoms with Gasteiger partial charge in [0.05, 0.1) is 24.1 Å². The van der Waals surface area contributed by atoms with Crippen LogP contribution in [0.4, 0.5) is 13.2 Å². The van der Waals surface area contributed by atoms with Gasteiger partial charge in [-0.1, -0.05) is 0 Å². The van der Waals surface area contributed by atoms with E-state index in [4.69, 9.17) is 5.11 Å². The maximum Gasteiger partial charge on any atom is 0.267 e. The minimum absolute atomic E-state index is 0.0184.